The third-order valence-corrected chi connectivity index (χ3v) is 6.11. The number of quaternary nitrogens is 1. The summed E-state index contributed by atoms with van der Waals surface area (Å²) in [6, 6.07) is 11.2. The Labute approximate surface area is 198 Å². The van der Waals surface area contributed by atoms with Crippen LogP contribution in [0.1, 0.15) is 31.0 Å². The molecule has 7 nitrogen and oxygen atoms in total. The summed E-state index contributed by atoms with van der Waals surface area (Å²) in [5.41, 5.74) is 0.715. The smallest absolute Gasteiger partial charge is 0.295 e. The van der Waals surface area contributed by atoms with Gasteiger partial charge < -0.3 is 24.4 Å². The van der Waals surface area contributed by atoms with Crippen molar-refractivity contribution in [1.82, 2.24) is 4.90 Å². The van der Waals surface area contributed by atoms with E-state index in [2.05, 4.69) is 0 Å². The molecule has 8 heteroatoms. The molecule has 1 unspecified atom stereocenters. The molecular weight excluding hydrogens is 439 g/mol. The molecule has 1 amide bonds. The van der Waals surface area contributed by atoms with Crippen LogP contribution >= 0.6 is 0 Å². The highest BCUT2D eigenvalue weighted by Gasteiger charge is 2.44. The molecule has 2 aliphatic heterocycles. The predicted octanol–water partition coefficient (Wildman–Crippen LogP) is 0.752. The van der Waals surface area contributed by atoms with Gasteiger partial charge in [0, 0.05) is 5.57 Å². The first-order chi connectivity index (χ1) is 16.3. The van der Waals surface area contributed by atoms with Gasteiger partial charge in [0.15, 0.2) is 0 Å². The molecule has 2 saturated heterocycles. The molecule has 2 aromatic rings. The van der Waals surface area contributed by atoms with Crippen molar-refractivity contribution < 1.29 is 33.5 Å². The van der Waals surface area contributed by atoms with Gasteiger partial charge in [0.1, 0.15) is 24.7 Å². The Balaban J connectivity index is 1.69. The summed E-state index contributed by atoms with van der Waals surface area (Å²) in [6.07, 6.45) is -0.0185. The van der Waals surface area contributed by atoms with Gasteiger partial charge in [-0.3, -0.25) is 9.59 Å². The lowest BCUT2D eigenvalue weighted by Gasteiger charge is -2.30. The summed E-state index contributed by atoms with van der Waals surface area (Å²) >= 11 is 0. The number of hydrogen-bond donors (Lipinski definition) is 1. The van der Waals surface area contributed by atoms with Crippen molar-refractivity contribution in [3.63, 3.8) is 0 Å². The van der Waals surface area contributed by atoms with E-state index in [0.29, 0.717) is 43.2 Å². The lowest BCUT2D eigenvalue weighted by molar-refractivity contribution is -0.907. The monoisotopic (exact) mass is 468 g/mol. The minimum Gasteiger partial charge on any atom is -0.872 e. The zero-order chi connectivity index (χ0) is 24.2. The van der Waals surface area contributed by atoms with Crippen LogP contribution in [0.4, 0.5) is 4.39 Å². The van der Waals surface area contributed by atoms with Crippen LogP contribution in [0.25, 0.3) is 5.76 Å². The number of hydrogen-bond acceptors (Lipinski definition) is 5. The summed E-state index contributed by atoms with van der Waals surface area (Å²) in [7, 11) is 0. The molecule has 0 radical (unpaired) electrons. The Morgan fingerprint density at radius 2 is 1.76 bits per heavy atom. The molecule has 2 aromatic carbocycles. The second-order valence-electron chi connectivity index (χ2n) is 8.83. The molecule has 0 bridgehead atoms. The highest BCUT2D eigenvalue weighted by atomic mass is 19.1. The van der Waals surface area contributed by atoms with Crippen LogP contribution in [-0.4, -0.2) is 62.1 Å². The number of carbonyl (C=O) groups excluding carboxylic acids is 2. The largest absolute Gasteiger partial charge is 0.872 e. The average Bonchev–Trinajstić information content (AvgIpc) is 3.08. The second kappa shape index (κ2) is 10.4. The van der Waals surface area contributed by atoms with Crippen molar-refractivity contribution in [1.29, 1.82) is 0 Å². The highest BCUT2D eigenvalue weighted by molar-refractivity contribution is 6.46. The van der Waals surface area contributed by atoms with Crippen molar-refractivity contribution in [2.75, 3.05) is 39.4 Å². The van der Waals surface area contributed by atoms with Crippen molar-refractivity contribution >= 4 is 17.4 Å². The quantitative estimate of drug-likeness (QED) is 0.369. The number of amides is 1. The predicted molar refractivity (Wildman–Crippen MR) is 121 cm³/mol. The fraction of sp³-hybridized carbons (Fsp3) is 0.385. The number of halogens is 1. The van der Waals surface area contributed by atoms with Crippen molar-refractivity contribution in [3.8, 4) is 5.75 Å². The maximum absolute atomic E-state index is 13.6. The van der Waals surface area contributed by atoms with E-state index >= 15 is 0 Å². The number of nitrogens with zero attached hydrogens (tertiary/aromatic N) is 1. The van der Waals surface area contributed by atoms with E-state index in [0.717, 1.165) is 13.1 Å². The van der Waals surface area contributed by atoms with E-state index in [4.69, 9.17) is 9.47 Å². The SMILES string of the molecule is CC(C)Oc1ccc(/C([O-])=C2\C(=O)C(=O)N(CC[NH+]3CCOCC3)C2c2ccc(F)cc2)cc1. The summed E-state index contributed by atoms with van der Waals surface area (Å²) in [5.74, 6) is -1.85. The minimum atomic E-state index is -0.861. The summed E-state index contributed by atoms with van der Waals surface area (Å²) in [5, 5.41) is 13.5. The van der Waals surface area contributed by atoms with Crippen LogP contribution in [0, 0.1) is 5.82 Å². The first-order valence-electron chi connectivity index (χ1n) is 11.6. The second-order valence-corrected chi connectivity index (χ2v) is 8.83. The number of nitrogens with one attached hydrogen (secondary N) is 1. The molecule has 2 fully saturated rings. The Kier molecular flexibility index (Phi) is 7.29. The fourth-order valence-electron chi connectivity index (χ4n) is 4.39. The summed E-state index contributed by atoms with van der Waals surface area (Å²) in [4.78, 5) is 28.8. The number of Topliss-reactive ketones (excluding diaryl/α,β-unsaturated/α-hetero) is 1. The molecule has 0 spiro atoms. The van der Waals surface area contributed by atoms with Gasteiger partial charge >= 0.3 is 0 Å². The number of benzene rings is 2. The van der Waals surface area contributed by atoms with E-state index < -0.39 is 29.3 Å². The Hall–Kier alpha value is -3.23. The number of morpholine rings is 1. The van der Waals surface area contributed by atoms with Crippen LogP contribution in [0.5, 0.6) is 5.75 Å². The molecule has 0 saturated carbocycles. The standard InChI is InChI=1S/C26H29FN2O5/c1-17(2)34-21-9-5-19(6-10-21)24(30)22-23(18-3-7-20(27)8-4-18)29(26(32)25(22)31)12-11-28-13-15-33-16-14-28/h3-10,17,23,30H,11-16H2,1-2H3/b24-22+. The normalized spacial score (nSPS) is 20.8. The number of likely N-dealkylation sites (tertiary alicyclic amines) is 1. The topological polar surface area (TPSA) is 83.3 Å². The third-order valence-electron chi connectivity index (χ3n) is 6.11. The molecule has 0 aliphatic carbocycles. The van der Waals surface area contributed by atoms with Crippen molar-refractivity contribution in [3.05, 3.63) is 71.0 Å². The Bertz CT molecular complexity index is 1060. The third kappa shape index (κ3) is 5.13. The molecule has 1 N–H and O–H groups in total. The van der Waals surface area contributed by atoms with Gasteiger partial charge in [0.2, 0.25) is 5.78 Å². The minimum absolute atomic E-state index is 0.0185. The summed E-state index contributed by atoms with van der Waals surface area (Å²) in [6.45, 7) is 7.67. The molecule has 1 atom stereocenters. The zero-order valence-corrected chi connectivity index (χ0v) is 19.4. The number of ether oxygens (including phenoxy) is 2. The Morgan fingerprint density at radius 1 is 1.12 bits per heavy atom. The van der Waals surface area contributed by atoms with Crippen LogP contribution in [0.15, 0.2) is 54.1 Å². The lowest BCUT2D eigenvalue weighted by Crippen LogP contribution is -3.14. The maximum atomic E-state index is 13.6. The molecule has 0 aromatic heterocycles. The van der Waals surface area contributed by atoms with Gasteiger partial charge in [-0.2, -0.15) is 0 Å². The van der Waals surface area contributed by atoms with Crippen LogP contribution in [-0.2, 0) is 14.3 Å². The van der Waals surface area contributed by atoms with Gasteiger partial charge in [-0.25, -0.2) is 4.39 Å². The molecule has 2 aliphatic rings. The first kappa shape index (κ1) is 23.9. The van der Waals surface area contributed by atoms with Crippen LogP contribution in [0.2, 0.25) is 0 Å². The van der Waals surface area contributed by atoms with Crippen molar-refractivity contribution in [2.24, 2.45) is 0 Å². The zero-order valence-electron chi connectivity index (χ0n) is 19.4. The van der Waals surface area contributed by atoms with Gasteiger partial charge in [-0.05, 0) is 49.2 Å². The van der Waals surface area contributed by atoms with E-state index in [1.54, 1.807) is 24.3 Å². The van der Waals surface area contributed by atoms with Crippen LogP contribution < -0.4 is 14.7 Å². The molecule has 2 heterocycles. The average molecular weight is 469 g/mol. The van der Waals surface area contributed by atoms with Crippen LogP contribution in [0.3, 0.4) is 0 Å². The van der Waals surface area contributed by atoms with Gasteiger partial charge in [-0.1, -0.05) is 30.0 Å². The highest BCUT2D eigenvalue weighted by Crippen LogP contribution is 2.38. The van der Waals surface area contributed by atoms with Gasteiger partial charge in [-0.15, -0.1) is 0 Å². The van der Waals surface area contributed by atoms with Gasteiger partial charge in [0.25, 0.3) is 5.91 Å². The molecule has 34 heavy (non-hydrogen) atoms. The fourth-order valence-corrected chi connectivity index (χ4v) is 4.39. The number of carbonyl (C=O) groups is 2. The van der Waals surface area contributed by atoms with Crippen molar-refractivity contribution in [2.45, 2.75) is 26.0 Å². The van der Waals surface area contributed by atoms with E-state index in [1.165, 1.54) is 34.1 Å². The van der Waals surface area contributed by atoms with E-state index in [-0.39, 0.29) is 11.7 Å². The number of rotatable bonds is 7. The lowest BCUT2D eigenvalue weighted by atomic mass is 9.95. The number of ketones is 1. The Morgan fingerprint density at radius 3 is 2.38 bits per heavy atom. The summed E-state index contributed by atoms with van der Waals surface area (Å²) < 4.78 is 24.6. The molecule has 180 valence electrons. The maximum Gasteiger partial charge on any atom is 0.295 e. The van der Waals surface area contributed by atoms with E-state index in [1.807, 2.05) is 13.8 Å². The van der Waals surface area contributed by atoms with E-state index in [9.17, 15) is 19.1 Å². The molecular formula is C26H29FN2O5. The van der Waals surface area contributed by atoms with Gasteiger partial charge in [0.05, 0.1) is 38.4 Å². The first-order valence-corrected chi connectivity index (χ1v) is 11.6. The molecule has 4 rings (SSSR count).